The number of imidazole rings is 1. The molecule has 0 bridgehead atoms. The number of rotatable bonds is 7. The number of nitrogens with zero attached hydrogens (tertiary/aromatic N) is 3. The Morgan fingerprint density at radius 2 is 2.18 bits per heavy atom. The van der Waals surface area contributed by atoms with Crippen molar-refractivity contribution in [3.63, 3.8) is 0 Å². The highest BCUT2D eigenvalue weighted by Gasteiger charge is 2.11. The minimum absolute atomic E-state index is 0.484. The van der Waals surface area contributed by atoms with Crippen molar-refractivity contribution in [1.82, 2.24) is 14.5 Å². The number of anilines is 1. The SMILES string of the molecule is CCCNc1nc(C)cn1C(C)CCN(C)C. The van der Waals surface area contributed by atoms with E-state index in [-0.39, 0.29) is 0 Å². The number of aromatic nitrogens is 2. The van der Waals surface area contributed by atoms with E-state index >= 15 is 0 Å². The molecule has 0 aliphatic rings. The Hall–Kier alpha value is -1.03. The van der Waals surface area contributed by atoms with Crippen molar-refractivity contribution in [3.05, 3.63) is 11.9 Å². The van der Waals surface area contributed by atoms with Crippen LogP contribution in [0, 0.1) is 6.92 Å². The van der Waals surface area contributed by atoms with Gasteiger partial charge in [0.25, 0.3) is 0 Å². The van der Waals surface area contributed by atoms with Crippen LogP contribution >= 0.6 is 0 Å². The van der Waals surface area contributed by atoms with Gasteiger partial charge in [-0.2, -0.15) is 0 Å². The molecule has 0 radical (unpaired) electrons. The summed E-state index contributed by atoms with van der Waals surface area (Å²) in [7, 11) is 4.23. The molecule has 1 N–H and O–H groups in total. The van der Waals surface area contributed by atoms with Crippen molar-refractivity contribution < 1.29 is 0 Å². The lowest BCUT2D eigenvalue weighted by Gasteiger charge is -2.19. The summed E-state index contributed by atoms with van der Waals surface area (Å²) < 4.78 is 2.26. The van der Waals surface area contributed by atoms with Crippen LogP contribution in [-0.4, -0.2) is 41.6 Å². The molecule has 0 aliphatic heterocycles. The Bertz CT molecular complexity index is 330. The molecular formula is C13H26N4. The predicted molar refractivity (Wildman–Crippen MR) is 73.6 cm³/mol. The van der Waals surface area contributed by atoms with Gasteiger partial charge in [-0.05, 0) is 47.3 Å². The molecule has 1 unspecified atom stereocenters. The van der Waals surface area contributed by atoms with Gasteiger partial charge in [0.2, 0.25) is 5.95 Å². The highest BCUT2D eigenvalue weighted by Crippen LogP contribution is 2.18. The summed E-state index contributed by atoms with van der Waals surface area (Å²) in [6.45, 7) is 8.55. The maximum absolute atomic E-state index is 4.53. The van der Waals surface area contributed by atoms with Gasteiger partial charge in [0.05, 0.1) is 5.69 Å². The minimum Gasteiger partial charge on any atom is -0.356 e. The second kappa shape index (κ2) is 6.64. The Balaban J connectivity index is 2.66. The molecule has 0 saturated heterocycles. The van der Waals surface area contributed by atoms with Gasteiger partial charge < -0.3 is 14.8 Å². The van der Waals surface area contributed by atoms with Crippen molar-refractivity contribution >= 4 is 5.95 Å². The Morgan fingerprint density at radius 3 is 2.76 bits per heavy atom. The maximum Gasteiger partial charge on any atom is 0.203 e. The van der Waals surface area contributed by atoms with E-state index in [0.29, 0.717) is 6.04 Å². The van der Waals surface area contributed by atoms with Crippen LogP contribution in [0.4, 0.5) is 5.95 Å². The van der Waals surface area contributed by atoms with Crippen molar-refractivity contribution in [3.8, 4) is 0 Å². The lowest BCUT2D eigenvalue weighted by molar-refractivity contribution is 0.359. The third-order valence-corrected chi connectivity index (χ3v) is 2.85. The van der Waals surface area contributed by atoms with Crippen molar-refractivity contribution in [2.45, 2.75) is 39.7 Å². The van der Waals surface area contributed by atoms with E-state index in [9.17, 15) is 0 Å². The summed E-state index contributed by atoms with van der Waals surface area (Å²) in [5, 5.41) is 3.39. The van der Waals surface area contributed by atoms with Gasteiger partial charge in [-0.15, -0.1) is 0 Å². The third kappa shape index (κ3) is 4.38. The van der Waals surface area contributed by atoms with Crippen molar-refractivity contribution in [1.29, 1.82) is 0 Å². The zero-order chi connectivity index (χ0) is 12.8. The average molecular weight is 238 g/mol. The van der Waals surface area contributed by atoms with Crippen LogP contribution in [0.15, 0.2) is 6.20 Å². The Kier molecular flexibility index (Phi) is 5.48. The number of nitrogens with one attached hydrogen (secondary N) is 1. The largest absolute Gasteiger partial charge is 0.356 e. The van der Waals surface area contributed by atoms with Crippen molar-refractivity contribution in [2.24, 2.45) is 0 Å². The van der Waals surface area contributed by atoms with Gasteiger partial charge in [0, 0.05) is 18.8 Å². The Morgan fingerprint density at radius 1 is 1.47 bits per heavy atom. The van der Waals surface area contributed by atoms with Crippen LogP contribution in [-0.2, 0) is 0 Å². The quantitative estimate of drug-likeness (QED) is 0.792. The molecule has 0 amide bonds. The predicted octanol–water partition coefficient (Wildman–Crippen LogP) is 2.53. The van der Waals surface area contributed by atoms with E-state index in [1.165, 1.54) is 0 Å². The summed E-state index contributed by atoms with van der Waals surface area (Å²) in [4.78, 5) is 6.76. The molecule has 98 valence electrons. The number of aryl methyl sites for hydroxylation is 1. The topological polar surface area (TPSA) is 33.1 Å². The summed E-state index contributed by atoms with van der Waals surface area (Å²) in [6, 6.07) is 0.484. The number of hydrogen-bond acceptors (Lipinski definition) is 3. The monoisotopic (exact) mass is 238 g/mol. The van der Waals surface area contributed by atoms with Gasteiger partial charge >= 0.3 is 0 Å². The molecule has 1 aromatic heterocycles. The fourth-order valence-corrected chi connectivity index (χ4v) is 1.80. The number of hydrogen-bond donors (Lipinski definition) is 1. The maximum atomic E-state index is 4.53. The van der Waals surface area contributed by atoms with Crippen LogP contribution < -0.4 is 5.32 Å². The molecule has 0 fully saturated rings. The third-order valence-electron chi connectivity index (χ3n) is 2.85. The lowest BCUT2D eigenvalue weighted by Crippen LogP contribution is -2.18. The molecule has 0 saturated carbocycles. The normalized spacial score (nSPS) is 13.1. The molecule has 1 atom stereocenters. The zero-order valence-corrected chi connectivity index (χ0v) is 11.8. The van der Waals surface area contributed by atoms with Gasteiger partial charge in [0.1, 0.15) is 0 Å². The van der Waals surface area contributed by atoms with Crippen LogP contribution in [0.5, 0.6) is 0 Å². The molecule has 0 aliphatic carbocycles. The zero-order valence-electron chi connectivity index (χ0n) is 11.8. The molecule has 1 aromatic rings. The first-order valence-corrected chi connectivity index (χ1v) is 6.48. The van der Waals surface area contributed by atoms with Crippen LogP contribution in [0.1, 0.15) is 38.4 Å². The molecule has 17 heavy (non-hydrogen) atoms. The van der Waals surface area contributed by atoms with Gasteiger partial charge in [0.15, 0.2) is 0 Å². The molecule has 0 aromatic carbocycles. The van der Waals surface area contributed by atoms with Gasteiger partial charge in [-0.1, -0.05) is 6.92 Å². The molecular weight excluding hydrogens is 212 g/mol. The first-order chi connectivity index (χ1) is 8.04. The minimum atomic E-state index is 0.484. The highest BCUT2D eigenvalue weighted by molar-refractivity contribution is 5.29. The lowest BCUT2D eigenvalue weighted by atomic mass is 10.2. The molecule has 1 heterocycles. The standard InChI is InChI=1S/C13H26N4/c1-6-8-14-13-15-11(2)10-17(13)12(3)7-9-16(4)5/h10,12H,6-9H2,1-5H3,(H,14,15). The molecule has 1 rings (SSSR count). The summed E-state index contributed by atoms with van der Waals surface area (Å²) >= 11 is 0. The van der Waals surface area contributed by atoms with Crippen LogP contribution in [0.2, 0.25) is 0 Å². The average Bonchev–Trinajstić information content (AvgIpc) is 2.64. The second-order valence-electron chi connectivity index (χ2n) is 4.98. The Labute approximate surface area is 105 Å². The fourth-order valence-electron chi connectivity index (χ4n) is 1.80. The van der Waals surface area contributed by atoms with E-state index < -0.39 is 0 Å². The van der Waals surface area contributed by atoms with Crippen LogP contribution in [0.3, 0.4) is 0 Å². The van der Waals surface area contributed by atoms with E-state index in [4.69, 9.17) is 0 Å². The summed E-state index contributed by atoms with van der Waals surface area (Å²) in [6.07, 6.45) is 4.40. The second-order valence-corrected chi connectivity index (χ2v) is 4.98. The molecule has 4 heteroatoms. The first-order valence-electron chi connectivity index (χ1n) is 6.48. The molecule has 4 nitrogen and oxygen atoms in total. The van der Waals surface area contributed by atoms with E-state index in [0.717, 1.165) is 37.6 Å². The first kappa shape index (κ1) is 14.0. The summed E-state index contributed by atoms with van der Waals surface area (Å²) in [5.41, 5.74) is 1.08. The van der Waals surface area contributed by atoms with E-state index in [2.05, 4.69) is 53.9 Å². The van der Waals surface area contributed by atoms with E-state index in [1.807, 2.05) is 6.92 Å². The van der Waals surface area contributed by atoms with Crippen LogP contribution in [0.25, 0.3) is 0 Å². The summed E-state index contributed by atoms with van der Waals surface area (Å²) in [5.74, 6) is 1.01. The highest BCUT2D eigenvalue weighted by atomic mass is 15.2. The van der Waals surface area contributed by atoms with Crippen molar-refractivity contribution in [2.75, 3.05) is 32.5 Å². The smallest absolute Gasteiger partial charge is 0.203 e. The molecule has 0 spiro atoms. The fraction of sp³-hybridized carbons (Fsp3) is 0.769. The van der Waals surface area contributed by atoms with Gasteiger partial charge in [-0.25, -0.2) is 4.98 Å². The van der Waals surface area contributed by atoms with E-state index in [1.54, 1.807) is 0 Å². The van der Waals surface area contributed by atoms with Gasteiger partial charge in [-0.3, -0.25) is 0 Å².